The normalized spacial score (nSPS) is 14.0. The molecule has 0 heterocycles. The van der Waals surface area contributed by atoms with Gasteiger partial charge in [0.25, 0.3) is 0 Å². The standard InChI is InChI=1S/C18H10O2/c19-17-5-6-18(20)16-10-14-8-12-4-2-1-3-11(12)7-13(14)9-15(16)17/h1-10H. The molecule has 0 atom stereocenters. The summed E-state index contributed by atoms with van der Waals surface area (Å²) in [4.78, 5) is 23.8. The van der Waals surface area contributed by atoms with E-state index in [9.17, 15) is 9.59 Å². The third-order valence-electron chi connectivity index (χ3n) is 3.76. The van der Waals surface area contributed by atoms with Crippen LogP contribution in [0, 0.1) is 0 Å². The van der Waals surface area contributed by atoms with Gasteiger partial charge in [0.15, 0.2) is 11.6 Å². The summed E-state index contributed by atoms with van der Waals surface area (Å²) < 4.78 is 0. The lowest BCUT2D eigenvalue weighted by Crippen LogP contribution is -2.11. The number of fused-ring (bicyclic) bond motifs is 3. The van der Waals surface area contributed by atoms with Gasteiger partial charge in [-0.15, -0.1) is 0 Å². The molecule has 0 saturated carbocycles. The van der Waals surface area contributed by atoms with E-state index in [1.807, 2.05) is 36.4 Å². The van der Waals surface area contributed by atoms with Crippen LogP contribution in [0.2, 0.25) is 0 Å². The molecule has 0 N–H and O–H groups in total. The fraction of sp³-hybridized carbons (Fsp3) is 0. The molecule has 3 aromatic rings. The third-order valence-corrected chi connectivity index (χ3v) is 3.76. The van der Waals surface area contributed by atoms with E-state index in [0.717, 1.165) is 21.5 Å². The lowest BCUT2D eigenvalue weighted by atomic mass is 9.91. The first-order valence-electron chi connectivity index (χ1n) is 6.46. The van der Waals surface area contributed by atoms with Gasteiger partial charge >= 0.3 is 0 Å². The Morgan fingerprint density at radius 3 is 1.45 bits per heavy atom. The Morgan fingerprint density at radius 2 is 1.00 bits per heavy atom. The van der Waals surface area contributed by atoms with Gasteiger partial charge in [0.2, 0.25) is 0 Å². The van der Waals surface area contributed by atoms with E-state index in [0.29, 0.717) is 11.1 Å². The molecule has 0 aliphatic heterocycles. The minimum absolute atomic E-state index is 0.102. The van der Waals surface area contributed by atoms with Gasteiger partial charge in [-0.05, 0) is 58.0 Å². The van der Waals surface area contributed by atoms with Gasteiger partial charge < -0.3 is 0 Å². The van der Waals surface area contributed by atoms with Crippen LogP contribution < -0.4 is 0 Å². The average molecular weight is 258 g/mol. The molecule has 4 rings (SSSR count). The SMILES string of the molecule is O=C1C=CC(=O)c2cc3cc4ccccc4cc3cc21. The number of rotatable bonds is 0. The molecule has 1 aliphatic rings. The van der Waals surface area contributed by atoms with Crippen molar-refractivity contribution in [3.8, 4) is 0 Å². The molecule has 0 unspecified atom stereocenters. The van der Waals surface area contributed by atoms with E-state index in [2.05, 4.69) is 12.1 Å². The Labute approximate surface area is 115 Å². The fourth-order valence-corrected chi connectivity index (χ4v) is 2.73. The Morgan fingerprint density at radius 1 is 0.550 bits per heavy atom. The van der Waals surface area contributed by atoms with Crippen LogP contribution in [0.4, 0.5) is 0 Å². The predicted octanol–water partition coefficient (Wildman–Crippen LogP) is 3.93. The summed E-state index contributed by atoms with van der Waals surface area (Å²) >= 11 is 0. The molecule has 0 amide bonds. The Kier molecular flexibility index (Phi) is 2.15. The molecular formula is C18H10O2. The minimum atomic E-state index is -0.102. The number of benzene rings is 3. The summed E-state index contributed by atoms with van der Waals surface area (Å²) in [7, 11) is 0. The van der Waals surface area contributed by atoms with Gasteiger partial charge in [-0.2, -0.15) is 0 Å². The maximum absolute atomic E-state index is 11.9. The molecule has 0 saturated heterocycles. The van der Waals surface area contributed by atoms with Crippen molar-refractivity contribution in [2.24, 2.45) is 0 Å². The lowest BCUT2D eigenvalue weighted by molar-refractivity contribution is 0.0994. The largest absolute Gasteiger partial charge is 0.289 e. The molecule has 0 aromatic heterocycles. The zero-order chi connectivity index (χ0) is 13.7. The van der Waals surface area contributed by atoms with Crippen molar-refractivity contribution in [3.63, 3.8) is 0 Å². The zero-order valence-electron chi connectivity index (χ0n) is 10.6. The second kappa shape index (κ2) is 3.87. The highest BCUT2D eigenvalue weighted by atomic mass is 16.1. The zero-order valence-corrected chi connectivity index (χ0v) is 10.6. The van der Waals surface area contributed by atoms with Crippen molar-refractivity contribution in [2.45, 2.75) is 0 Å². The minimum Gasteiger partial charge on any atom is -0.289 e. The maximum Gasteiger partial charge on any atom is 0.186 e. The third kappa shape index (κ3) is 1.51. The van der Waals surface area contributed by atoms with Gasteiger partial charge in [-0.1, -0.05) is 24.3 Å². The molecule has 0 bridgehead atoms. The van der Waals surface area contributed by atoms with Crippen molar-refractivity contribution in [2.75, 3.05) is 0 Å². The van der Waals surface area contributed by atoms with Crippen molar-refractivity contribution in [3.05, 3.63) is 71.8 Å². The number of hydrogen-bond donors (Lipinski definition) is 0. The molecule has 20 heavy (non-hydrogen) atoms. The number of ketones is 2. The smallest absolute Gasteiger partial charge is 0.186 e. The van der Waals surface area contributed by atoms with E-state index < -0.39 is 0 Å². The quantitative estimate of drug-likeness (QED) is 0.572. The molecule has 94 valence electrons. The maximum atomic E-state index is 11.9. The molecule has 1 aliphatic carbocycles. The van der Waals surface area contributed by atoms with Crippen LogP contribution in [0.5, 0.6) is 0 Å². The van der Waals surface area contributed by atoms with Gasteiger partial charge in [0.1, 0.15) is 0 Å². The Balaban J connectivity index is 2.11. The van der Waals surface area contributed by atoms with Crippen LogP contribution in [-0.4, -0.2) is 11.6 Å². The summed E-state index contributed by atoms with van der Waals surface area (Å²) in [6.07, 6.45) is 2.69. The number of hydrogen-bond acceptors (Lipinski definition) is 2. The summed E-state index contributed by atoms with van der Waals surface area (Å²) in [5.41, 5.74) is 1.00. The van der Waals surface area contributed by atoms with E-state index in [1.165, 1.54) is 12.2 Å². The van der Waals surface area contributed by atoms with Crippen molar-refractivity contribution >= 4 is 33.1 Å². The van der Waals surface area contributed by atoms with E-state index in [1.54, 1.807) is 0 Å². The lowest BCUT2D eigenvalue weighted by Gasteiger charge is -2.11. The molecule has 2 nitrogen and oxygen atoms in total. The van der Waals surface area contributed by atoms with Crippen LogP contribution in [-0.2, 0) is 0 Å². The van der Waals surface area contributed by atoms with Gasteiger partial charge in [-0.3, -0.25) is 9.59 Å². The fourth-order valence-electron chi connectivity index (χ4n) is 2.73. The van der Waals surface area contributed by atoms with E-state index >= 15 is 0 Å². The average Bonchev–Trinajstić information content (AvgIpc) is 2.47. The molecule has 2 heteroatoms. The number of allylic oxidation sites excluding steroid dienone is 2. The number of carbonyl (C=O) groups excluding carboxylic acids is 2. The van der Waals surface area contributed by atoms with Crippen LogP contribution >= 0.6 is 0 Å². The van der Waals surface area contributed by atoms with Crippen LogP contribution in [0.1, 0.15) is 20.7 Å². The summed E-state index contributed by atoms with van der Waals surface area (Å²) in [5, 5.41) is 4.23. The Bertz CT molecular complexity index is 857. The van der Waals surface area contributed by atoms with Crippen molar-refractivity contribution in [1.82, 2.24) is 0 Å². The van der Waals surface area contributed by atoms with Crippen LogP contribution in [0.15, 0.2) is 60.7 Å². The first-order valence-corrected chi connectivity index (χ1v) is 6.46. The second-order valence-corrected chi connectivity index (χ2v) is 5.01. The van der Waals surface area contributed by atoms with Gasteiger partial charge in [0.05, 0.1) is 0 Å². The highest BCUT2D eigenvalue weighted by molar-refractivity contribution is 6.23. The summed E-state index contributed by atoms with van der Waals surface area (Å²) in [5.74, 6) is -0.204. The van der Waals surface area contributed by atoms with Crippen molar-refractivity contribution in [1.29, 1.82) is 0 Å². The molecule has 0 radical (unpaired) electrons. The molecule has 0 fully saturated rings. The molecule has 0 spiro atoms. The second-order valence-electron chi connectivity index (χ2n) is 5.01. The van der Waals surface area contributed by atoms with Crippen molar-refractivity contribution < 1.29 is 9.59 Å². The highest BCUT2D eigenvalue weighted by Crippen LogP contribution is 2.28. The van der Waals surface area contributed by atoms with Crippen LogP contribution in [0.25, 0.3) is 21.5 Å². The van der Waals surface area contributed by atoms with Crippen LogP contribution in [0.3, 0.4) is 0 Å². The first kappa shape index (κ1) is 11.1. The first-order chi connectivity index (χ1) is 9.72. The summed E-state index contributed by atoms with van der Waals surface area (Å²) in [6, 6.07) is 15.8. The summed E-state index contributed by atoms with van der Waals surface area (Å²) in [6.45, 7) is 0. The highest BCUT2D eigenvalue weighted by Gasteiger charge is 2.19. The van der Waals surface area contributed by atoms with E-state index in [-0.39, 0.29) is 11.6 Å². The predicted molar refractivity (Wildman–Crippen MR) is 79.3 cm³/mol. The monoisotopic (exact) mass is 258 g/mol. The van der Waals surface area contributed by atoms with E-state index in [4.69, 9.17) is 0 Å². The van der Waals surface area contributed by atoms with Gasteiger partial charge in [0, 0.05) is 11.1 Å². The number of carbonyl (C=O) groups is 2. The molecule has 3 aromatic carbocycles. The Hall–Kier alpha value is -2.74. The topological polar surface area (TPSA) is 34.1 Å². The molecular weight excluding hydrogens is 248 g/mol. The van der Waals surface area contributed by atoms with Gasteiger partial charge in [-0.25, -0.2) is 0 Å².